The number of amides is 1. The van der Waals surface area contributed by atoms with Gasteiger partial charge in [0.1, 0.15) is 24.4 Å². The molecular formula is C66H123NO10. The lowest BCUT2D eigenvalue weighted by Gasteiger charge is -2.41. The number of unbranched alkanes of at least 4 members (excludes halogenated alkanes) is 38. The van der Waals surface area contributed by atoms with Crippen LogP contribution in [0.15, 0.2) is 36.5 Å². The van der Waals surface area contributed by atoms with Crippen LogP contribution in [0, 0.1) is 0 Å². The third-order valence-electron chi connectivity index (χ3n) is 15.6. The largest absolute Gasteiger partial charge is 0.454 e. The molecule has 11 nitrogen and oxygen atoms in total. The molecule has 1 rings (SSSR count). The number of aliphatic hydroxyl groups is 5. The third kappa shape index (κ3) is 42.4. The molecule has 1 aliphatic heterocycles. The maximum Gasteiger partial charge on any atom is 0.306 e. The molecule has 0 aromatic heterocycles. The maximum absolute atomic E-state index is 13.4. The van der Waals surface area contributed by atoms with Crippen LogP contribution in [0.5, 0.6) is 0 Å². The summed E-state index contributed by atoms with van der Waals surface area (Å²) in [6, 6.07) is -1.03. The molecule has 6 N–H and O–H groups in total. The van der Waals surface area contributed by atoms with Crippen molar-refractivity contribution in [3.8, 4) is 0 Å². The van der Waals surface area contributed by atoms with Crippen molar-refractivity contribution >= 4 is 11.9 Å². The Bertz CT molecular complexity index is 1390. The van der Waals surface area contributed by atoms with Gasteiger partial charge in [0.05, 0.1) is 25.4 Å². The van der Waals surface area contributed by atoms with E-state index in [0.717, 1.165) is 51.4 Å². The number of allylic oxidation sites excluding steroid dienone is 5. The van der Waals surface area contributed by atoms with Crippen LogP contribution in [0.4, 0.5) is 0 Å². The molecule has 11 heteroatoms. The zero-order valence-corrected chi connectivity index (χ0v) is 50.1. The van der Waals surface area contributed by atoms with Gasteiger partial charge >= 0.3 is 5.97 Å². The Balaban J connectivity index is 2.59. The van der Waals surface area contributed by atoms with Gasteiger partial charge in [0.25, 0.3) is 0 Å². The van der Waals surface area contributed by atoms with Gasteiger partial charge in [-0.2, -0.15) is 0 Å². The predicted octanol–water partition coefficient (Wildman–Crippen LogP) is 15.8. The van der Waals surface area contributed by atoms with Crippen LogP contribution in [0.25, 0.3) is 0 Å². The fourth-order valence-electron chi connectivity index (χ4n) is 10.4. The monoisotopic (exact) mass is 1090 g/mol. The summed E-state index contributed by atoms with van der Waals surface area (Å²) < 4.78 is 17.5. The van der Waals surface area contributed by atoms with Gasteiger partial charge in [-0.25, -0.2) is 0 Å². The topological polar surface area (TPSA) is 175 Å². The standard InChI is InChI=1S/C66H123NO10/c1-4-7-10-13-16-19-22-24-25-26-27-28-29-30-31-32-33-34-36-38-41-44-47-50-53-59(70)65(74)67-57(58(69)52-49-46-43-40-37-21-18-15-12-9-6-3)56-75-66-64(63(73)62(72)60(55-68)76-66)77-61(71)54-51-48-45-42-39-35-23-20-17-14-11-8-5-2/h35,39,45,48-49,52,57-60,62-64,66,68-70,72-73H,4-34,36-38,40-44,46-47,50-51,53-56H2,1-3H3,(H,67,74)/b39-35-,48-45+,52-49+. The molecule has 1 fully saturated rings. The molecule has 77 heavy (non-hydrogen) atoms. The second kappa shape index (κ2) is 54.5. The van der Waals surface area contributed by atoms with Crippen LogP contribution in [0.2, 0.25) is 0 Å². The van der Waals surface area contributed by atoms with Crippen molar-refractivity contribution in [1.82, 2.24) is 5.32 Å². The Morgan fingerprint density at radius 3 is 1.32 bits per heavy atom. The van der Waals surface area contributed by atoms with Gasteiger partial charge in [-0.05, 0) is 44.9 Å². The zero-order chi connectivity index (χ0) is 56.1. The smallest absolute Gasteiger partial charge is 0.306 e. The molecular weight excluding hydrogens is 967 g/mol. The minimum atomic E-state index is -1.63. The predicted molar refractivity (Wildman–Crippen MR) is 320 cm³/mol. The average Bonchev–Trinajstić information content (AvgIpc) is 3.44. The summed E-state index contributed by atoms with van der Waals surface area (Å²) in [4.78, 5) is 26.5. The number of hydrogen-bond donors (Lipinski definition) is 6. The van der Waals surface area contributed by atoms with E-state index in [4.69, 9.17) is 14.2 Å². The van der Waals surface area contributed by atoms with Gasteiger partial charge in [0, 0.05) is 6.42 Å². The molecule has 0 bridgehead atoms. The first-order chi connectivity index (χ1) is 37.7. The number of hydrogen-bond acceptors (Lipinski definition) is 10. The number of esters is 1. The van der Waals surface area contributed by atoms with E-state index < -0.39 is 67.4 Å². The molecule has 0 radical (unpaired) electrons. The summed E-state index contributed by atoms with van der Waals surface area (Å²) in [7, 11) is 0. The molecule has 1 aliphatic rings. The minimum Gasteiger partial charge on any atom is -0.454 e. The van der Waals surface area contributed by atoms with E-state index in [-0.39, 0.29) is 13.0 Å². The Morgan fingerprint density at radius 1 is 0.506 bits per heavy atom. The zero-order valence-electron chi connectivity index (χ0n) is 50.1. The number of carbonyl (C=O) groups excluding carboxylic acids is 2. The van der Waals surface area contributed by atoms with Crippen LogP contribution in [0.3, 0.4) is 0 Å². The van der Waals surface area contributed by atoms with Crippen molar-refractivity contribution in [3.63, 3.8) is 0 Å². The van der Waals surface area contributed by atoms with E-state index in [1.54, 1.807) is 6.08 Å². The highest BCUT2D eigenvalue weighted by Crippen LogP contribution is 2.26. The SMILES string of the molecule is CCCCCCCC/C=C\C/C=C/CCC(=O)OC1C(OCC(NC(=O)C(O)CCCCCCCCCCCCCCCCCCCCCCCCCC)C(O)/C=C/CCCCCCCCCCC)OC(CO)C(O)C1O. The molecule has 0 aromatic carbocycles. The summed E-state index contributed by atoms with van der Waals surface area (Å²) >= 11 is 0. The first-order valence-corrected chi connectivity index (χ1v) is 32.8. The molecule has 8 atom stereocenters. The maximum atomic E-state index is 13.4. The third-order valence-corrected chi connectivity index (χ3v) is 15.6. The summed E-state index contributed by atoms with van der Waals surface area (Å²) in [5.41, 5.74) is 0. The Labute approximate surface area is 473 Å². The van der Waals surface area contributed by atoms with Crippen LogP contribution >= 0.6 is 0 Å². The van der Waals surface area contributed by atoms with Gasteiger partial charge in [-0.3, -0.25) is 9.59 Å². The van der Waals surface area contributed by atoms with Crippen molar-refractivity contribution in [2.24, 2.45) is 0 Å². The van der Waals surface area contributed by atoms with E-state index >= 15 is 0 Å². The van der Waals surface area contributed by atoms with Crippen molar-refractivity contribution in [2.75, 3.05) is 13.2 Å². The molecule has 0 aliphatic carbocycles. The van der Waals surface area contributed by atoms with Gasteiger partial charge in [0.2, 0.25) is 5.91 Å². The van der Waals surface area contributed by atoms with Gasteiger partial charge < -0.3 is 45.1 Å². The first-order valence-electron chi connectivity index (χ1n) is 32.8. The van der Waals surface area contributed by atoms with Crippen LogP contribution in [-0.4, -0.2) is 99.6 Å². The Morgan fingerprint density at radius 2 is 0.896 bits per heavy atom. The fraction of sp³-hybridized carbons (Fsp3) is 0.879. The molecule has 1 saturated heterocycles. The molecule has 0 aromatic rings. The minimum absolute atomic E-state index is 0.0199. The first kappa shape index (κ1) is 72.9. The number of rotatable bonds is 56. The summed E-state index contributed by atoms with van der Waals surface area (Å²) in [6.45, 7) is 5.77. The Hall–Kier alpha value is -2.12. The van der Waals surface area contributed by atoms with Crippen LogP contribution < -0.4 is 5.32 Å². The quantitative estimate of drug-likeness (QED) is 0.0195. The lowest BCUT2D eigenvalue weighted by Crippen LogP contribution is -2.61. The van der Waals surface area contributed by atoms with Gasteiger partial charge in [-0.15, -0.1) is 0 Å². The number of aliphatic hydroxyl groups excluding tert-OH is 5. The highest BCUT2D eigenvalue weighted by molar-refractivity contribution is 5.80. The molecule has 0 spiro atoms. The van der Waals surface area contributed by atoms with Crippen LogP contribution in [0.1, 0.15) is 310 Å². The second-order valence-corrected chi connectivity index (χ2v) is 22.9. The van der Waals surface area contributed by atoms with Crippen molar-refractivity contribution in [3.05, 3.63) is 36.5 Å². The summed E-state index contributed by atoms with van der Waals surface area (Å²) in [5.74, 6) is -1.26. The van der Waals surface area contributed by atoms with E-state index in [2.05, 4.69) is 38.2 Å². The normalized spacial score (nSPS) is 19.2. The number of ether oxygens (including phenoxy) is 3. The molecule has 452 valence electrons. The van der Waals surface area contributed by atoms with Crippen molar-refractivity contribution < 1.29 is 49.3 Å². The molecule has 8 unspecified atom stereocenters. The lowest BCUT2D eigenvalue weighted by atomic mass is 9.99. The summed E-state index contributed by atoms with van der Waals surface area (Å²) in [5, 5.41) is 56.9. The van der Waals surface area contributed by atoms with E-state index in [0.29, 0.717) is 19.3 Å². The Kier molecular flexibility index (Phi) is 51.6. The highest BCUT2D eigenvalue weighted by Gasteiger charge is 2.47. The molecule has 1 amide bonds. The number of carbonyl (C=O) groups is 2. The van der Waals surface area contributed by atoms with E-state index in [1.165, 1.54) is 212 Å². The van der Waals surface area contributed by atoms with Crippen LogP contribution in [-0.2, 0) is 23.8 Å². The second-order valence-electron chi connectivity index (χ2n) is 22.9. The van der Waals surface area contributed by atoms with Gasteiger partial charge in [0.15, 0.2) is 12.4 Å². The number of nitrogens with one attached hydrogen (secondary N) is 1. The van der Waals surface area contributed by atoms with E-state index in [9.17, 15) is 35.1 Å². The van der Waals surface area contributed by atoms with Crippen molar-refractivity contribution in [1.29, 1.82) is 0 Å². The van der Waals surface area contributed by atoms with E-state index in [1.807, 2.05) is 18.2 Å². The average molecular weight is 1090 g/mol. The molecule has 0 saturated carbocycles. The highest BCUT2D eigenvalue weighted by atomic mass is 16.7. The summed E-state index contributed by atoms with van der Waals surface area (Å²) in [6.07, 6.45) is 55.1. The van der Waals surface area contributed by atoms with Crippen molar-refractivity contribution in [2.45, 2.75) is 359 Å². The van der Waals surface area contributed by atoms with Gasteiger partial charge in [-0.1, -0.05) is 295 Å². The molecule has 1 heterocycles. The fourth-order valence-corrected chi connectivity index (χ4v) is 10.4. The lowest BCUT2D eigenvalue weighted by molar-refractivity contribution is -0.305.